The van der Waals surface area contributed by atoms with E-state index in [4.69, 9.17) is 10.3 Å². The summed E-state index contributed by atoms with van der Waals surface area (Å²) in [5, 5.41) is 6.79. The first kappa shape index (κ1) is 19.2. The molecule has 5 rings (SSSR count). The average molecular weight is 424 g/mol. The minimum Gasteiger partial charge on any atom is -0.399 e. The number of halogens is 2. The highest BCUT2D eigenvalue weighted by Gasteiger charge is 2.48. The number of rotatable bonds is 4. The van der Waals surface area contributed by atoms with Gasteiger partial charge in [-0.25, -0.2) is 13.8 Å². The van der Waals surface area contributed by atoms with Gasteiger partial charge in [0.05, 0.1) is 6.20 Å². The monoisotopic (exact) mass is 424 g/mol. The number of benzene rings is 1. The van der Waals surface area contributed by atoms with Crippen LogP contribution in [0, 0.1) is 6.92 Å². The van der Waals surface area contributed by atoms with Gasteiger partial charge in [-0.1, -0.05) is 17.3 Å². The molecule has 4 aromatic rings. The van der Waals surface area contributed by atoms with Gasteiger partial charge < -0.3 is 15.6 Å². The Hall–Kier alpha value is -3.82. The van der Waals surface area contributed by atoms with E-state index in [1.807, 2.05) is 13.0 Å². The predicted octanol–water partition coefficient (Wildman–Crippen LogP) is 4.04. The zero-order valence-corrected chi connectivity index (χ0v) is 16.5. The molecule has 3 N–H and O–H groups in total. The third kappa shape index (κ3) is 3.49. The second kappa shape index (κ2) is 6.86. The summed E-state index contributed by atoms with van der Waals surface area (Å²) in [6.07, 6.45) is 2.59. The summed E-state index contributed by atoms with van der Waals surface area (Å²) in [4.78, 5) is 21.3. The van der Waals surface area contributed by atoms with Crippen LogP contribution in [-0.4, -0.2) is 31.4 Å². The number of nitrogen functional groups attached to an aromatic ring is 1. The topological polar surface area (TPSA) is 111 Å². The highest BCUT2D eigenvalue weighted by atomic mass is 19.3. The predicted molar refractivity (Wildman–Crippen MR) is 109 cm³/mol. The molecule has 0 saturated heterocycles. The van der Waals surface area contributed by atoms with Gasteiger partial charge in [0, 0.05) is 48.0 Å². The molecule has 0 atom stereocenters. The molecule has 0 bridgehead atoms. The highest BCUT2D eigenvalue weighted by molar-refractivity contribution is 6.04. The fourth-order valence-corrected chi connectivity index (χ4v) is 3.60. The number of fused-ring (bicyclic) bond motifs is 1. The van der Waals surface area contributed by atoms with Crippen molar-refractivity contribution in [2.75, 3.05) is 11.1 Å². The highest BCUT2D eigenvalue weighted by Crippen LogP contribution is 2.47. The molecule has 31 heavy (non-hydrogen) atoms. The van der Waals surface area contributed by atoms with Crippen molar-refractivity contribution in [1.29, 1.82) is 0 Å². The number of carbonyl (C=O) groups excluding carboxylic acids is 1. The van der Waals surface area contributed by atoms with Crippen LogP contribution in [0.2, 0.25) is 0 Å². The summed E-state index contributed by atoms with van der Waals surface area (Å²) < 4.78 is 33.1. The van der Waals surface area contributed by atoms with Gasteiger partial charge in [-0.15, -0.1) is 0 Å². The molecule has 0 spiro atoms. The lowest BCUT2D eigenvalue weighted by Gasteiger charge is -2.31. The summed E-state index contributed by atoms with van der Waals surface area (Å²) >= 11 is 0. The van der Waals surface area contributed by atoms with Crippen molar-refractivity contribution in [1.82, 2.24) is 19.5 Å². The number of imidazole rings is 1. The number of aryl methyl sites for hydroxylation is 1. The fraction of sp³-hybridized carbons (Fsp3) is 0.238. The smallest absolute Gasteiger partial charge is 0.274 e. The van der Waals surface area contributed by atoms with Crippen LogP contribution < -0.4 is 11.1 Å². The Morgan fingerprint density at radius 3 is 2.87 bits per heavy atom. The molecule has 0 unspecified atom stereocenters. The largest absolute Gasteiger partial charge is 0.399 e. The Balaban J connectivity index is 1.39. The third-order valence-electron chi connectivity index (χ3n) is 5.39. The first-order valence-corrected chi connectivity index (χ1v) is 9.65. The Kier molecular flexibility index (Phi) is 4.24. The molecule has 0 aliphatic heterocycles. The van der Waals surface area contributed by atoms with E-state index in [9.17, 15) is 13.6 Å². The molecule has 10 heteroatoms. The number of hydrogen-bond acceptors (Lipinski definition) is 6. The van der Waals surface area contributed by atoms with E-state index in [1.165, 1.54) is 6.20 Å². The second-order valence-corrected chi connectivity index (χ2v) is 7.73. The lowest BCUT2D eigenvalue weighted by Crippen LogP contribution is -2.33. The van der Waals surface area contributed by atoms with Gasteiger partial charge in [0.15, 0.2) is 0 Å². The molecule has 1 aromatic carbocycles. The van der Waals surface area contributed by atoms with Crippen molar-refractivity contribution in [2.24, 2.45) is 0 Å². The number of pyridine rings is 1. The van der Waals surface area contributed by atoms with E-state index in [2.05, 4.69) is 20.4 Å². The minimum atomic E-state index is -2.66. The number of aromatic nitrogens is 4. The minimum absolute atomic E-state index is 0.206. The molecule has 8 nitrogen and oxygen atoms in total. The van der Waals surface area contributed by atoms with Gasteiger partial charge in [-0.2, -0.15) is 4.98 Å². The van der Waals surface area contributed by atoms with Crippen LogP contribution in [0.5, 0.6) is 0 Å². The molecular weight excluding hydrogens is 406 g/mol. The molecule has 1 aliphatic rings. The van der Waals surface area contributed by atoms with Crippen molar-refractivity contribution in [3.63, 3.8) is 0 Å². The van der Waals surface area contributed by atoms with Crippen molar-refractivity contribution in [3.8, 4) is 11.4 Å². The Bertz CT molecular complexity index is 1300. The first-order chi connectivity index (χ1) is 14.8. The van der Waals surface area contributed by atoms with Crippen LogP contribution >= 0.6 is 0 Å². The zero-order chi connectivity index (χ0) is 21.8. The maximum absolute atomic E-state index is 13.1. The quantitative estimate of drug-likeness (QED) is 0.511. The maximum Gasteiger partial charge on any atom is 0.274 e. The maximum atomic E-state index is 13.1. The van der Waals surface area contributed by atoms with Gasteiger partial charge in [-0.05, 0) is 24.6 Å². The van der Waals surface area contributed by atoms with E-state index in [0.717, 1.165) is 5.56 Å². The average Bonchev–Trinajstić information content (AvgIpc) is 3.34. The van der Waals surface area contributed by atoms with Crippen LogP contribution in [0.3, 0.4) is 0 Å². The summed E-state index contributed by atoms with van der Waals surface area (Å²) in [5.74, 6) is -2.94. The molecule has 1 fully saturated rings. The zero-order valence-electron chi connectivity index (χ0n) is 16.5. The molecule has 0 radical (unpaired) electrons. The number of nitrogens with two attached hydrogens (primary N) is 1. The van der Waals surface area contributed by atoms with Crippen LogP contribution in [0.4, 0.5) is 20.2 Å². The molecule has 1 saturated carbocycles. The van der Waals surface area contributed by atoms with E-state index in [-0.39, 0.29) is 30.5 Å². The fourth-order valence-electron chi connectivity index (χ4n) is 3.60. The molecular formula is C21H18F2N6O2. The Morgan fingerprint density at radius 1 is 1.29 bits per heavy atom. The Morgan fingerprint density at radius 2 is 2.10 bits per heavy atom. The lowest BCUT2D eigenvalue weighted by molar-refractivity contribution is -0.0925. The third-order valence-corrected chi connectivity index (χ3v) is 5.39. The first-order valence-electron chi connectivity index (χ1n) is 9.65. The number of alkyl halides is 2. The summed E-state index contributed by atoms with van der Waals surface area (Å²) in [5.41, 5.74) is 9.23. The number of nitrogens with one attached hydrogen (secondary N) is 1. The van der Waals surface area contributed by atoms with Crippen LogP contribution in [-0.2, 0) is 0 Å². The molecule has 3 aromatic heterocycles. The van der Waals surface area contributed by atoms with Crippen LogP contribution in [0.25, 0.3) is 17.0 Å². The summed E-state index contributed by atoms with van der Waals surface area (Å²) in [7, 11) is 0. The summed E-state index contributed by atoms with van der Waals surface area (Å²) in [6, 6.07) is 8.68. The molecule has 1 amide bonds. The number of nitrogens with zero attached hydrogens (tertiary/aromatic N) is 4. The standard InChI is InChI=1S/C21H18F2N6O2/c1-11-2-3-12(18-27-20(31-28-18)13-8-21(22,23)9-13)6-15(11)26-19(30)16-10-25-17-7-14(24)4-5-29(16)17/h2-7,10,13H,8-9,24H2,1H3,(H,26,30). The van der Waals surface area contributed by atoms with Gasteiger partial charge >= 0.3 is 0 Å². The van der Waals surface area contributed by atoms with E-state index >= 15 is 0 Å². The number of carbonyl (C=O) groups is 1. The molecule has 1 aliphatic carbocycles. The van der Waals surface area contributed by atoms with Crippen molar-refractivity contribution in [3.05, 3.63) is 59.9 Å². The van der Waals surface area contributed by atoms with Gasteiger partial charge in [0.1, 0.15) is 11.3 Å². The van der Waals surface area contributed by atoms with Gasteiger partial charge in [-0.3, -0.25) is 9.20 Å². The van der Waals surface area contributed by atoms with Crippen molar-refractivity contribution >= 4 is 22.9 Å². The molecule has 158 valence electrons. The van der Waals surface area contributed by atoms with E-state index < -0.39 is 11.8 Å². The van der Waals surface area contributed by atoms with Crippen molar-refractivity contribution in [2.45, 2.75) is 31.6 Å². The van der Waals surface area contributed by atoms with Crippen LogP contribution in [0.1, 0.15) is 40.7 Å². The number of hydrogen-bond donors (Lipinski definition) is 2. The Labute approximate surface area is 175 Å². The van der Waals surface area contributed by atoms with Gasteiger partial charge in [0.2, 0.25) is 17.6 Å². The number of anilines is 2. The molecule has 3 heterocycles. The van der Waals surface area contributed by atoms with Crippen LogP contribution in [0.15, 0.2) is 47.2 Å². The van der Waals surface area contributed by atoms with E-state index in [0.29, 0.717) is 28.3 Å². The van der Waals surface area contributed by atoms with Crippen molar-refractivity contribution < 1.29 is 18.1 Å². The van der Waals surface area contributed by atoms with E-state index in [1.54, 1.807) is 34.9 Å². The normalized spacial score (nSPS) is 15.7. The van der Waals surface area contributed by atoms with Gasteiger partial charge in [0.25, 0.3) is 5.91 Å². The SMILES string of the molecule is Cc1ccc(-c2noc(C3CC(F)(F)C3)n2)cc1NC(=O)c1cnc2cc(N)ccn12. The number of amides is 1. The second-order valence-electron chi connectivity index (χ2n) is 7.73. The summed E-state index contributed by atoms with van der Waals surface area (Å²) in [6.45, 7) is 1.85. The lowest BCUT2D eigenvalue weighted by atomic mass is 9.81.